The summed E-state index contributed by atoms with van der Waals surface area (Å²) in [5, 5.41) is -0.0711. The molecule has 0 aliphatic carbocycles. The van der Waals surface area contributed by atoms with Crippen LogP contribution in [0.1, 0.15) is 27.2 Å². The first-order chi connectivity index (χ1) is 11.7. The monoisotopic (exact) mass is 370 g/mol. The zero-order valence-corrected chi connectivity index (χ0v) is 14.1. The van der Waals surface area contributed by atoms with Gasteiger partial charge >= 0.3 is 12.1 Å². The fourth-order valence-electron chi connectivity index (χ4n) is 2.00. The number of rotatable bonds is 5. The van der Waals surface area contributed by atoms with Gasteiger partial charge in [0.25, 0.3) is 5.78 Å². The summed E-state index contributed by atoms with van der Waals surface area (Å²) in [6, 6.07) is 6.28. The predicted molar refractivity (Wildman–Crippen MR) is 84.1 cm³/mol. The highest BCUT2D eigenvalue weighted by Gasteiger charge is 2.35. The molecule has 0 atom stereocenters. The maximum absolute atomic E-state index is 12.9. The number of aromatic nitrogens is 2. The average Bonchev–Trinajstić information content (AvgIpc) is 2.59. The van der Waals surface area contributed by atoms with E-state index < -0.39 is 23.6 Å². The largest absolute Gasteiger partial charge is 0.463 e. The Kier molecular flexibility index (Phi) is 5.78. The van der Waals surface area contributed by atoms with Crippen molar-refractivity contribution in [3.8, 4) is 0 Å². The van der Waals surface area contributed by atoms with Crippen molar-refractivity contribution in [1.29, 1.82) is 0 Å². The molecule has 0 N–H and O–H groups in total. The van der Waals surface area contributed by atoms with Crippen LogP contribution in [0.4, 0.5) is 13.2 Å². The Morgan fingerprint density at radius 2 is 1.92 bits per heavy atom. The van der Waals surface area contributed by atoms with Crippen LogP contribution in [0.2, 0.25) is 0 Å². The van der Waals surface area contributed by atoms with E-state index in [0.717, 1.165) is 25.1 Å². The molecule has 0 fully saturated rings. The molecule has 2 rings (SSSR count). The number of halogens is 3. The molecule has 0 radical (unpaired) electrons. The molecule has 0 saturated heterocycles. The Bertz CT molecular complexity index is 809. The van der Waals surface area contributed by atoms with Crippen molar-refractivity contribution in [2.75, 3.05) is 7.11 Å². The molecule has 1 heterocycles. The van der Waals surface area contributed by atoms with E-state index in [1.807, 2.05) is 0 Å². The van der Waals surface area contributed by atoms with E-state index in [4.69, 9.17) is 0 Å². The lowest BCUT2D eigenvalue weighted by Crippen LogP contribution is -2.17. The molecular formula is C16H13F3N2O3S. The molecule has 9 heteroatoms. The van der Waals surface area contributed by atoms with Crippen molar-refractivity contribution in [2.24, 2.45) is 0 Å². The van der Waals surface area contributed by atoms with Crippen LogP contribution in [0.15, 0.2) is 35.6 Å². The number of Topliss-reactive ketones (excluding diaryl/α,β-unsaturated/α-hetero) is 1. The topological polar surface area (TPSA) is 69.2 Å². The first-order valence-electron chi connectivity index (χ1n) is 6.98. The number of benzene rings is 1. The second-order valence-corrected chi connectivity index (χ2v) is 5.89. The van der Waals surface area contributed by atoms with E-state index in [9.17, 15) is 22.8 Å². The number of thioether (sulfide) groups is 1. The Balaban J connectivity index is 2.23. The highest BCUT2D eigenvalue weighted by Crippen LogP contribution is 2.31. The molecule has 0 aliphatic rings. The Morgan fingerprint density at radius 3 is 2.56 bits per heavy atom. The second kappa shape index (κ2) is 7.64. The van der Waals surface area contributed by atoms with Crippen LogP contribution >= 0.6 is 11.8 Å². The smallest absolute Gasteiger partial charge is 0.433 e. The third-order valence-electron chi connectivity index (χ3n) is 3.21. The minimum Gasteiger partial charge on any atom is -0.463 e. The molecule has 132 valence electrons. The fourth-order valence-corrected chi connectivity index (χ4v) is 2.81. The standard InChI is InChI=1S/C16H13F3N2O3S/c1-9-7-20-15(21-13(9)16(17,18)19)25-8-10-5-3-4-6-11(10)12(22)14(23)24-2/h3-7H,8H2,1-2H3. The van der Waals surface area contributed by atoms with Gasteiger partial charge < -0.3 is 4.74 Å². The van der Waals surface area contributed by atoms with Crippen LogP contribution in [-0.2, 0) is 21.5 Å². The number of hydrogen-bond donors (Lipinski definition) is 0. The first kappa shape index (κ1) is 18.9. The van der Waals surface area contributed by atoms with Gasteiger partial charge in [-0.05, 0) is 18.1 Å². The van der Waals surface area contributed by atoms with Crippen molar-refractivity contribution >= 4 is 23.5 Å². The van der Waals surface area contributed by atoms with Crippen molar-refractivity contribution in [3.05, 3.63) is 52.8 Å². The number of hydrogen-bond acceptors (Lipinski definition) is 6. The van der Waals surface area contributed by atoms with Crippen molar-refractivity contribution in [3.63, 3.8) is 0 Å². The van der Waals surface area contributed by atoms with Crippen molar-refractivity contribution in [1.82, 2.24) is 9.97 Å². The van der Waals surface area contributed by atoms with Crippen LogP contribution in [-0.4, -0.2) is 28.8 Å². The zero-order valence-electron chi connectivity index (χ0n) is 13.3. The lowest BCUT2D eigenvalue weighted by atomic mass is 10.1. The van der Waals surface area contributed by atoms with E-state index in [2.05, 4.69) is 14.7 Å². The lowest BCUT2D eigenvalue weighted by Gasteiger charge is -2.10. The highest BCUT2D eigenvalue weighted by atomic mass is 32.2. The summed E-state index contributed by atoms with van der Waals surface area (Å²) in [5.74, 6) is -1.71. The van der Waals surface area contributed by atoms with E-state index >= 15 is 0 Å². The number of carbonyl (C=O) groups excluding carboxylic acids is 2. The average molecular weight is 370 g/mol. The van der Waals surface area contributed by atoms with Crippen LogP contribution in [0.25, 0.3) is 0 Å². The van der Waals surface area contributed by atoms with Gasteiger partial charge in [0.1, 0.15) is 0 Å². The molecule has 0 aliphatic heterocycles. The van der Waals surface area contributed by atoms with Gasteiger partial charge in [-0.25, -0.2) is 14.8 Å². The number of esters is 1. The summed E-state index contributed by atoms with van der Waals surface area (Å²) in [4.78, 5) is 30.8. The zero-order chi connectivity index (χ0) is 18.6. The van der Waals surface area contributed by atoms with Crippen LogP contribution in [0.5, 0.6) is 0 Å². The Morgan fingerprint density at radius 1 is 1.24 bits per heavy atom. The van der Waals surface area contributed by atoms with Gasteiger partial charge in [0.2, 0.25) is 0 Å². The number of ketones is 1. The molecular weight excluding hydrogens is 357 g/mol. The van der Waals surface area contributed by atoms with Gasteiger partial charge in [-0.1, -0.05) is 36.0 Å². The second-order valence-electron chi connectivity index (χ2n) is 4.95. The minimum absolute atomic E-state index is 0.0711. The molecule has 25 heavy (non-hydrogen) atoms. The van der Waals surface area contributed by atoms with E-state index in [1.165, 1.54) is 13.0 Å². The summed E-state index contributed by atoms with van der Waals surface area (Å²) in [5.41, 5.74) is -0.465. The van der Waals surface area contributed by atoms with Gasteiger partial charge in [0.15, 0.2) is 10.9 Å². The molecule has 1 aromatic carbocycles. The molecule has 0 bridgehead atoms. The lowest BCUT2D eigenvalue weighted by molar-refractivity contribution is -0.142. The maximum atomic E-state index is 12.9. The molecule has 0 saturated carbocycles. The molecule has 0 spiro atoms. The van der Waals surface area contributed by atoms with Crippen LogP contribution in [0.3, 0.4) is 0 Å². The SMILES string of the molecule is COC(=O)C(=O)c1ccccc1CSc1ncc(C)c(C(F)(F)F)n1. The van der Waals surface area contributed by atoms with E-state index in [-0.39, 0.29) is 22.0 Å². The molecule has 0 unspecified atom stereocenters. The van der Waals surface area contributed by atoms with Crippen molar-refractivity contribution in [2.45, 2.75) is 24.0 Å². The van der Waals surface area contributed by atoms with E-state index in [1.54, 1.807) is 18.2 Å². The third-order valence-corrected chi connectivity index (χ3v) is 4.12. The first-order valence-corrected chi connectivity index (χ1v) is 7.96. The van der Waals surface area contributed by atoms with Gasteiger partial charge in [-0.2, -0.15) is 13.2 Å². The number of ether oxygens (including phenoxy) is 1. The van der Waals surface area contributed by atoms with Gasteiger partial charge in [-0.3, -0.25) is 4.79 Å². The summed E-state index contributed by atoms with van der Waals surface area (Å²) in [6.07, 6.45) is -3.47. The summed E-state index contributed by atoms with van der Waals surface area (Å²) >= 11 is 0.937. The van der Waals surface area contributed by atoms with Crippen molar-refractivity contribution < 1.29 is 27.5 Å². The fraction of sp³-hybridized carbons (Fsp3) is 0.250. The number of nitrogens with zero attached hydrogens (tertiary/aromatic N) is 2. The molecule has 2 aromatic rings. The van der Waals surface area contributed by atoms with Gasteiger partial charge in [0.05, 0.1) is 7.11 Å². The van der Waals surface area contributed by atoms with Crippen LogP contribution in [0, 0.1) is 6.92 Å². The number of carbonyl (C=O) groups is 2. The normalized spacial score (nSPS) is 11.2. The summed E-state index contributed by atoms with van der Waals surface area (Å²) in [6.45, 7) is 1.28. The summed E-state index contributed by atoms with van der Waals surface area (Å²) < 4.78 is 43.1. The molecule has 1 aromatic heterocycles. The Labute approximate surface area is 145 Å². The number of aryl methyl sites for hydroxylation is 1. The van der Waals surface area contributed by atoms with Gasteiger partial charge in [0, 0.05) is 17.5 Å². The Hall–Kier alpha value is -2.42. The molecule has 0 amide bonds. The van der Waals surface area contributed by atoms with E-state index in [0.29, 0.717) is 5.56 Å². The predicted octanol–water partition coefficient (Wildman–Crippen LogP) is 3.45. The number of alkyl halides is 3. The quantitative estimate of drug-likeness (QED) is 0.264. The van der Waals surface area contributed by atoms with Gasteiger partial charge in [-0.15, -0.1) is 0 Å². The highest BCUT2D eigenvalue weighted by molar-refractivity contribution is 7.98. The molecule has 5 nitrogen and oxygen atoms in total. The maximum Gasteiger partial charge on any atom is 0.433 e. The minimum atomic E-state index is -4.57. The number of methoxy groups -OCH3 is 1. The summed E-state index contributed by atoms with van der Waals surface area (Å²) in [7, 11) is 1.09. The van der Waals surface area contributed by atoms with Crippen LogP contribution < -0.4 is 0 Å². The third kappa shape index (κ3) is 4.56.